The first-order valence-corrected chi connectivity index (χ1v) is 3.86. The van der Waals surface area contributed by atoms with Gasteiger partial charge < -0.3 is 4.98 Å². The molecule has 0 saturated carbocycles. The maximum atomic E-state index is 11.0. The van der Waals surface area contributed by atoms with Gasteiger partial charge in [0.2, 0.25) is 0 Å². The molecule has 2 aromatic rings. The molecule has 0 amide bonds. The van der Waals surface area contributed by atoms with Gasteiger partial charge in [-0.1, -0.05) is 0 Å². The summed E-state index contributed by atoms with van der Waals surface area (Å²) in [6, 6.07) is 1.26. The Morgan fingerprint density at radius 1 is 1.14 bits per heavy atom. The molecule has 0 fully saturated rings. The first-order chi connectivity index (χ1) is 6.75. The molecule has 0 spiro atoms. The van der Waals surface area contributed by atoms with Gasteiger partial charge in [0.05, 0.1) is 11.9 Å². The van der Waals surface area contributed by atoms with E-state index in [2.05, 4.69) is 19.9 Å². The Labute approximate surface area is 77.7 Å². The number of hydrogen-bond donors (Lipinski definition) is 2. The van der Waals surface area contributed by atoms with Gasteiger partial charge in [-0.05, 0) is 0 Å². The fourth-order valence-electron chi connectivity index (χ4n) is 1.04. The fraction of sp³-hybridized carbons (Fsp3) is 0. The Kier molecular flexibility index (Phi) is 1.94. The highest BCUT2D eigenvalue weighted by Gasteiger charge is 2.00. The molecule has 2 N–H and O–H groups in total. The predicted octanol–water partition coefficient (Wildman–Crippen LogP) is -0.480. The van der Waals surface area contributed by atoms with Crippen LogP contribution in [0, 0.1) is 0 Å². The van der Waals surface area contributed by atoms with Gasteiger partial charge in [0.1, 0.15) is 5.69 Å². The van der Waals surface area contributed by atoms with Crippen molar-refractivity contribution in [3.63, 3.8) is 0 Å². The predicted molar refractivity (Wildman–Crippen MR) is 48.7 cm³/mol. The molecule has 0 saturated heterocycles. The summed E-state index contributed by atoms with van der Waals surface area (Å²) in [7, 11) is 0. The van der Waals surface area contributed by atoms with Crippen molar-refractivity contribution < 1.29 is 0 Å². The molecular formula is C8H6N4O2. The van der Waals surface area contributed by atoms with Crippen molar-refractivity contribution in [1.29, 1.82) is 0 Å². The minimum atomic E-state index is -0.557. The third-order valence-electron chi connectivity index (χ3n) is 1.60. The fourth-order valence-corrected chi connectivity index (χ4v) is 1.04. The third-order valence-corrected chi connectivity index (χ3v) is 1.60. The van der Waals surface area contributed by atoms with Gasteiger partial charge in [0.25, 0.3) is 5.56 Å². The average Bonchev–Trinajstić information content (AvgIpc) is 2.18. The van der Waals surface area contributed by atoms with Crippen LogP contribution >= 0.6 is 0 Å². The Hall–Kier alpha value is -2.24. The van der Waals surface area contributed by atoms with Crippen molar-refractivity contribution in [2.45, 2.75) is 0 Å². The summed E-state index contributed by atoms with van der Waals surface area (Å²) in [6.45, 7) is 0. The number of hydrogen-bond acceptors (Lipinski definition) is 4. The van der Waals surface area contributed by atoms with Crippen molar-refractivity contribution >= 4 is 0 Å². The van der Waals surface area contributed by atoms with E-state index in [-0.39, 0.29) is 0 Å². The molecule has 0 bridgehead atoms. The average molecular weight is 190 g/mol. The van der Waals surface area contributed by atoms with Gasteiger partial charge in [0.15, 0.2) is 0 Å². The molecule has 0 atom stereocenters. The van der Waals surface area contributed by atoms with E-state index in [9.17, 15) is 9.59 Å². The van der Waals surface area contributed by atoms with E-state index < -0.39 is 11.2 Å². The molecule has 2 heterocycles. The molecule has 2 aromatic heterocycles. The second-order valence-corrected chi connectivity index (χ2v) is 2.59. The topological polar surface area (TPSA) is 91.5 Å². The van der Waals surface area contributed by atoms with E-state index in [1.165, 1.54) is 24.7 Å². The van der Waals surface area contributed by atoms with E-state index >= 15 is 0 Å². The van der Waals surface area contributed by atoms with Crippen molar-refractivity contribution in [3.05, 3.63) is 45.5 Å². The van der Waals surface area contributed by atoms with Crippen LogP contribution in [0.25, 0.3) is 11.4 Å². The lowest BCUT2D eigenvalue weighted by Gasteiger charge is -1.96. The number of nitrogens with one attached hydrogen (secondary N) is 2. The van der Waals surface area contributed by atoms with E-state index in [1.807, 2.05) is 0 Å². The lowest BCUT2D eigenvalue weighted by atomic mass is 10.3. The molecule has 0 aliphatic rings. The Balaban J connectivity index is 2.64. The highest BCUT2D eigenvalue weighted by Crippen LogP contribution is 2.06. The van der Waals surface area contributed by atoms with Crippen LogP contribution in [0.4, 0.5) is 0 Å². The lowest BCUT2D eigenvalue weighted by molar-refractivity contribution is 1.03. The van der Waals surface area contributed by atoms with Crippen LogP contribution in [-0.4, -0.2) is 19.9 Å². The number of nitrogens with zero attached hydrogens (tertiary/aromatic N) is 2. The molecule has 6 heteroatoms. The van der Waals surface area contributed by atoms with Crippen LogP contribution in [0.15, 0.2) is 34.2 Å². The zero-order chi connectivity index (χ0) is 9.97. The smallest absolute Gasteiger partial charge is 0.305 e. The molecule has 0 aliphatic carbocycles. The summed E-state index contributed by atoms with van der Waals surface area (Å²) >= 11 is 0. The lowest BCUT2D eigenvalue weighted by Crippen LogP contribution is -2.21. The quantitative estimate of drug-likeness (QED) is 0.635. The second kappa shape index (κ2) is 3.25. The summed E-state index contributed by atoms with van der Waals surface area (Å²) in [5.74, 6) is 0. The highest BCUT2D eigenvalue weighted by atomic mass is 16.2. The monoisotopic (exact) mass is 190 g/mol. The van der Waals surface area contributed by atoms with Crippen molar-refractivity contribution in [2.75, 3.05) is 0 Å². The van der Waals surface area contributed by atoms with Crippen LogP contribution < -0.4 is 11.2 Å². The SMILES string of the molecule is O=c1cc(-c2cnccn2)[nH]c(=O)[nH]1. The normalized spacial score (nSPS) is 10.0. The second-order valence-electron chi connectivity index (χ2n) is 2.59. The summed E-state index contributed by atoms with van der Waals surface area (Å²) in [5, 5.41) is 0. The minimum Gasteiger partial charge on any atom is -0.305 e. The first-order valence-electron chi connectivity index (χ1n) is 3.86. The maximum absolute atomic E-state index is 11.0. The maximum Gasteiger partial charge on any atom is 0.326 e. The summed E-state index contributed by atoms with van der Waals surface area (Å²) in [5.41, 5.74) is -0.213. The molecular weight excluding hydrogens is 184 g/mol. The van der Waals surface area contributed by atoms with Crippen LogP contribution in [0.5, 0.6) is 0 Å². The molecule has 0 unspecified atom stereocenters. The summed E-state index contributed by atoms with van der Waals surface area (Å²) < 4.78 is 0. The van der Waals surface area contributed by atoms with E-state index in [4.69, 9.17) is 0 Å². The molecule has 2 rings (SSSR count). The molecule has 0 aliphatic heterocycles. The van der Waals surface area contributed by atoms with Crippen LogP contribution in [0.3, 0.4) is 0 Å². The van der Waals surface area contributed by atoms with Gasteiger partial charge in [0, 0.05) is 18.5 Å². The van der Waals surface area contributed by atoms with E-state index in [0.717, 1.165) is 0 Å². The molecule has 6 nitrogen and oxygen atoms in total. The van der Waals surface area contributed by atoms with Gasteiger partial charge in [-0.15, -0.1) is 0 Å². The Morgan fingerprint density at radius 2 is 2.00 bits per heavy atom. The van der Waals surface area contributed by atoms with Crippen LogP contribution in [0.2, 0.25) is 0 Å². The molecule has 14 heavy (non-hydrogen) atoms. The van der Waals surface area contributed by atoms with E-state index in [0.29, 0.717) is 11.4 Å². The largest absolute Gasteiger partial charge is 0.326 e. The number of aromatic amines is 2. The van der Waals surface area contributed by atoms with Gasteiger partial charge in [-0.2, -0.15) is 0 Å². The highest BCUT2D eigenvalue weighted by molar-refractivity contribution is 5.50. The van der Waals surface area contributed by atoms with Crippen molar-refractivity contribution in [1.82, 2.24) is 19.9 Å². The minimum absolute atomic E-state index is 0.354. The van der Waals surface area contributed by atoms with Gasteiger partial charge in [-0.25, -0.2) is 4.79 Å². The third kappa shape index (κ3) is 1.58. The first kappa shape index (κ1) is 8.36. The molecule has 0 aromatic carbocycles. The van der Waals surface area contributed by atoms with Crippen molar-refractivity contribution in [2.24, 2.45) is 0 Å². The van der Waals surface area contributed by atoms with Gasteiger partial charge in [-0.3, -0.25) is 19.7 Å². The van der Waals surface area contributed by atoms with E-state index in [1.54, 1.807) is 0 Å². The molecule has 0 radical (unpaired) electrons. The van der Waals surface area contributed by atoms with Crippen LogP contribution in [-0.2, 0) is 0 Å². The standard InChI is InChI=1S/C8H6N4O2/c13-7-3-5(11-8(14)12-7)6-4-9-1-2-10-6/h1-4H,(H2,11,12,13,14). The zero-order valence-corrected chi connectivity index (χ0v) is 7.02. The summed E-state index contributed by atoms with van der Waals surface area (Å²) in [4.78, 5) is 34.2. The number of H-pyrrole nitrogens is 2. The number of rotatable bonds is 1. The van der Waals surface area contributed by atoms with Crippen LogP contribution in [0.1, 0.15) is 0 Å². The molecule has 70 valence electrons. The summed E-state index contributed by atoms with van der Waals surface area (Å²) in [6.07, 6.45) is 4.45. The van der Waals surface area contributed by atoms with Gasteiger partial charge >= 0.3 is 5.69 Å². The zero-order valence-electron chi connectivity index (χ0n) is 7.02. The Bertz CT molecular complexity index is 515. The Morgan fingerprint density at radius 3 is 2.64 bits per heavy atom. The number of aromatic nitrogens is 4. The van der Waals surface area contributed by atoms with Crippen molar-refractivity contribution in [3.8, 4) is 11.4 Å².